The number of methoxy groups -OCH3 is 1. The number of hydrogen-bond donors (Lipinski definition) is 1. The number of nitrogens with zero attached hydrogens (tertiary/aromatic N) is 2. The Balaban J connectivity index is 1.99. The van der Waals surface area contributed by atoms with Crippen LogP contribution in [0.1, 0.15) is 56.2 Å². The molecule has 0 heterocycles. The molecule has 162 valence electrons. The molecular weight excluding hydrogens is 378 g/mol. The van der Waals surface area contributed by atoms with E-state index in [-0.39, 0.29) is 23.0 Å². The van der Waals surface area contributed by atoms with E-state index in [0.717, 1.165) is 6.54 Å². The molecule has 3 rings (SSSR count). The van der Waals surface area contributed by atoms with E-state index >= 15 is 8.78 Å². The molecule has 7 heteroatoms. The number of fused-ring (bicyclic) bond motifs is 1. The zero-order chi connectivity index (χ0) is 21.4. The van der Waals surface area contributed by atoms with E-state index in [1.807, 2.05) is 25.8 Å². The molecule has 0 aromatic heterocycles. The number of hydrogen-bond acceptors (Lipinski definition) is 4. The van der Waals surface area contributed by atoms with Crippen molar-refractivity contribution in [3.05, 3.63) is 22.8 Å². The normalized spacial score (nSPS) is 28.1. The van der Waals surface area contributed by atoms with Gasteiger partial charge >= 0.3 is 5.92 Å². The predicted octanol–water partition coefficient (Wildman–Crippen LogP) is 4.50. The van der Waals surface area contributed by atoms with Gasteiger partial charge in [-0.15, -0.1) is 0 Å². The summed E-state index contributed by atoms with van der Waals surface area (Å²) in [5, 5.41) is 11.3. The van der Waals surface area contributed by atoms with Crippen LogP contribution in [0.3, 0.4) is 0 Å². The topological polar surface area (TPSA) is 54.3 Å². The molecule has 0 aliphatic heterocycles. The van der Waals surface area contributed by atoms with E-state index in [1.54, 1.807) is 19.3 Å². The molecule has 1 atom stereocenters. The minimum atomic E-state index is -3.34. The van der Waals surface area contributed by atoms with Gasteiger partial charge in [0.2, 0.25) is 0 Å². The number of alkyl halides is 2. The van der Waals surface area contributed by atoms with Crippen molar-refractivity contribution in [1.82, 2.24) is 4.90 Å². The third kappa shape index (κ3) is 3.42. The summed E-state index contributed by atoms with van der Waals surface area (Å²) in [6, 6.07) is 1.65. The first-order chi connectivity index (χ1) is 13.7. The fourth-order valence-electron chi connectivity index (χ4n) is 4.68. The van der Waals surface area contributed by atoms with Crippen LogP contribution in [0, 0.1) is 12.8 Å². The standard InChI is InChI=1S/C22H32F2N2O3/c1-6-26(4)13-25-17-12-18(28-5)20-19(14(17)3)22(23,24)21(20,27)15-8-10-16(11-9-15)29-7-2/h12-13,15-16,27H,6-11H2,1-5H3/b25-13+. The van der Waals surface area contributed by atoms with Crippen molar-refractivity contribution in [3.63, 3.8) is 0 Å². The largest absolute Gasteiger partial charge is 0.496 e. The highest BCUT2D eigenvalue weighted by Crippen LogP contribution is 2.66. The molecule has 1 unspecified atom stereocenters. The summed E-state index contributed by atoms with van der Waals surface area (Å²) in [6.07, 6.45) is 4.06. The molecule has 2 aliphatic rings. The molecule has 1 aromatic rings. The molecule has 2 aliphatic carbocycles. The summed E-state index contributed by atoms with van der Waals surface area (Å²) in [7, 11) is 3.31. The molecule has 1 saturated carbocycles. The number of benzene rings is 1. The van der Waals surface area contributed by atoms with Crippen LogP contribution in [0.4, 0.5) is 14.5 Å². The second kappa shape index (κ2) is 8.19. The SMILES string of the molecule is CCOC1CCC(C2(O)c3c(OC)cc(/N=C/N(C)CC)c(C)c3C2(F)F)CC1. The quantitative estimate of drug-likeness (QED) is 0.531. The van der Waals surface area contributed by atoms with Gasteiger partial charge in [0.25, 0.3) is 0 Å². The van der Waals surface area contributed by atoms with Gasteiger partial charge in [0.05, 0.1) is 25.2 Å². The van der Waals surface area contributed by atoms with E-state index in [4.69, 9.17) is 9.47 Å². The Morgan fingerprint density at radius 3 is 2.45 bits per heavy atom. The Morgan fingerprint density at radius 1 is 1.24 bits per heavy atom. The van der Waals surface area contributed by atoms with Crippen LogP contribution in [-0.4, -0.2) is 49.8 Å². The number of aliphatic imine (C=N–C) groups is 1. The molecule has 1 fully saturated rings. The summed E-state index contributed by atoms with van der Waals surface area (Å²) >= 11 is 0. The van der Waals surface area contributed by atoms with Gasteiger partial charge in [-0.05, 0) is 57.9 Å². The predicted molar refractivity (Wildman–Crippen MR) is 109 cm³/mol. The monoisotopic (exact) mass is 410 g/mol. The van der Waals surface area contributed by atoms with Gasteiger partial charge in [-0.1, -0.05) is 0 Å². The number of halogens is 2. The van der Waals surface area contributed by atoms with Gasteiger partial charge in [-0.3, -0.25) is 0 Å². The maximum atomic E-state index is 15.4. The summed E-state index contributed by atoms with van der Waals surface area (Å²) in [6.45, 7) is 6.91. The fourth-order valence-corrected chi connectivity index (χ4v) is 4.68. The van der Waals surface area contributed by atoms with E-state index in [0.29, 0.717) is 43.5 Å². The zero-order valence-electron chi connectivity index (χ0n) is 18.0. The number of ether oxygens (including phenoxy) is 2. The van der Waals surface area contributed by atoms with Crippen molar-refractivity contribution in [1.29, 1.82) is 0 Å². The molecule has 5 nitrogen and oxygen atoms in total. The van der Waals surface area contributed by atoms with Crippen LogP contribution in [0.25, 0.3) is 0 Å². The number of aliphatic hydroxyl groups is 1. The number of rotatable bonds is 7. The van der Waals surface area contributed by atoms with Crippen LogP contribution >= 0.6 is 0 Å². The maximum absolute atomic E-state index is 15.4. The van der Waals surface area contributed by atoms with Crippen molar-refractivity contribution in [2.75, 3.05) is 27.3 Å². The summed E-state index contributed by atoms with van der Waals surface area (Å²) in [4.78, 5) is 6.22. The van der Waals surface area contributed by atoms with Crippen LogP contribution in [-0.2, 0) is 16.3 Å². The van der Waals surface area contributed by atoms with E-state index in [9.17, 15) is 5.11 Å². The third-order valence-electron chi connectivity index (χ3n) is 6.48. The zero-order valence-corrected chi connectivity index (χ0v) is 18.0. The lowest BCUT2D eigenvalue weighted by atomic mass is 9.58. The highest BCUT2D eigenvalue weighted by molar-refractivity contribution is 5.71. The summed E-state index contributed by atoms with van der Waals surface area (Å²) in [5.74, 6) is -3.60. The molecule has 0 amide bonds. The first-order valence-electron chi connectivity index (χ1n) is 10.4. The molecule has 1 aromatic carbocycles. The Labute approximate surface area is 171 Å². The molecule has 0 saturated heterocycles. The molecular formula is C22H32F2N2O3. The average Bonchev–Trinajstić information content (AvgIpc) is 2.72. The Morgan fingerprint density at radius 2 is 1.90 bits per heavy atom. The van der Waals surface area contributed by atoms with Crippen LogP contribution in [0.5, 0.6) is 5.75 Å². The molecule has 0 bridgehead atoms. The van der Waals surface area contributed by atoms with Crippen LogP contribution in [0.2, 0.25) is 0 Å². The first-order valence-corrected chi connectivity index (χ1v) is 10.4. The van der Waals surface area contributed by atoms with Gasteiger partial charge < -0.3 is 19.5 Å². The third-order valence-corrected chi connectivity index (χ3v) is 6.48. The van der Waals surface area contributed by atoms with E-state index < -0.39 is 17.4 Å². The van der Waals surface area contributed by atoms with Crippen LogP contribution in [0.15, 0.2) is 11.1 Å². The van der Waals surface area contributed by atoms with E-state index in [1.165, 1.54) is 7.11 Å². The van der Waals surface area contributed by atoms with Gasteiger partial charge in [0.15, 0.2) is 5.60 Å². The summed E-state index contributed by atoms with van der Waals surface area (Å²) < 4.78 is 41.9. The minimum Gasteiger partial charge on any atom is -0.496 e. The van der Waals surface area contributed by atoms with Crippen molar-refractivity contribution in [3.8, 4) is 5.75 Å². The highest BCUT2D eigenvalue weighted by Gasteiger charge is 2.71. The Kier molecular flexibility index (Phi) is 6.20. The first kappa shape index (κ1) is 22.0. The second-order valence-corrected chi connectivity index (χ2v) is 8.06. The van der Waals surface area contributed by atoms with Crippen molar-refractivity contribution in [2.45, 2.75) is 64.1 Å². The van der Waals surface area contributed by atoms with Crippen molar-refractivity contribution in [2.24, 2.45) is 10.9 Å². The molecule has 1 N–H and O–H groups in total. The summed E-state index contributed by atoms with van der Waals surface area (Å²) in [5.41, 5.74) is -1.30. The Hall–Kier alpha value is -1.73. The van der Waals surface area contributed by atoms with Crippen molar-refractivity contribution < 1.29 is 23.4 Å². The molecule has 0 spiro atoms. The lowest BCUT2D eigenvalue weighted by Crippen LogP contribution is -2.59. The maximum Gasteiger partial charge on any atom is 0.306 e. The van der Waals surface area contributed by atoms with Gasteiger partial charge in [-0.2, -0.15) is 8.78 Å². The lowest BCUT2D eigenvalue weighted by Gasteiger charge is -2.53. The second-order valence-electron chi connectivity index (χ2n) is 8.06. The van der Waals surface area contributed by atoms with Gasteiger partial charge in [0.1, 0.15) is 5.75 Å². The van der Waals surface area contributed by atoms with Crippen LogP contribution < -0.4 is 4.74 Å². The van der Waals surface area contributed by atoms with E-state index in [2.05, 4.69) is 4.99 Å². The van der Waals surface area contributed by atoms with Crippen molar-refractivity contribution >= 4 is 12.0 Å². The van der Waals surface area contributed by atoms with Gasteiger partial charge in [-0.25, -0.2) is 4.99 Å². The average molecular weight is 411 g/mol. The lowest BCUT2D eigenvalue weighted by molar-refractivity contribution is -0.260. The fraction of sp³-hybridized carbons (Fsp3) is 0.682. The smallest absolute Gasteiger partial charge is 0.306 e. The molecule has 29 heavy (non-hydrogen) atoms. The Bertz CT molecular complexity index is 776. The van der Waals surface area contributed by atoms with Gasteiger partial charge in [0, 0.05) is 37.4 Å². The highest BCUT2D eigenvalue weighted by atomic mass is 19.3. The molecule has 0 radical (unpaired) electrons. The minimum absolute atomic E-state index is 0.0870.